The molecule has 1 aliphatic rings. The van der Waals surface area contributed by atoms with E-state index in [-0.39, 0.29) is 0 Å². The highest BCUT2D eigenvalue weighted by atomic mass is 14.9. The monoisotopic (exact) mass is 94.1 g/mol. The highest BCUT2D eigenvalue weighted by molar-refractivity contribution is 5.58. The van der Waals surface area contributed by atoms with E-state index in [2.05, 4.69) is 16.2 Å². The summed E-state index contributed by atoms with van der Waals surface area (Å²) in [6.45, 7) is 1.91. The Labute approximate surface area is 42.3 Å². The van der Waals surface area contributed by atoms with E-state index in [4.69, 9.17) is 0 Å². The number of hydrogen-bond acceptors (Lipinski definition) is 2. The summed E-state index contributed by atoms with van der Waals surface area (Å²) in [4.78, 5) is 3.73. The summed E-state index contributed by atoms with van der Waals surface area (Å²) in [5, 5.41) is 2.91. The molecule has 0 bridgehead atoms. The molecule has 0 aromatic rings. The van der Waals surface area contributed by atoms with Crippen molar-refractivity contribution >= 4 is 5.87 Å². The second-order valence-electron chi connectivity index (χ2n) is 1.33. The van der Waals surface area contributed by atoms with Crippen molar-refractivity contribution in [3.8, 4) is 0 Å². The number of aliphatic imine (C=N–C) groups is 1. The van der Waals surface area contributed by atoms with Crippen LogP contribution in [0.4, 0.5) is 0 Å². The van der Waals surface area contributed by atoms with Crippen molar-refractivity contribution in [3.05, 3.63) is 18.1 Å². The number of allylic oxidation sites excluding steroid dienone is 1. The number of nitrogens with one attached hydrogen (secondary N) is 1. The molecule has 0 amide bonds. The van der Waals surface area contributed by atoms with Gasteiger partial charge in [0.1, 0.15) is 0 Å². The molecule has 0 saturated heterocycles. The van der Waals surface area contributed by atoms with Crippen molar-refractivity contribution in [1.29, 1.82) is 0 Å². The van der Waals surface area contributed by atoms with Crippen molar-refractivity contribution in [1.82, 2.24) is 5.32 Å². The van der Waals surface area contributed by atoms with Crippen LogP contribution < -0.4 is 5.32 Å². The second kappa shape index (κ2) is 1.63. The fourth-order valence-electron chi connectivity index (χ4n) is 0.366. The van der Waals surface area contributed by atoms with Gasteiger partial charge in [0.2, 0.25) is 0 Å². The Morgan fingerprint density at radius 2 is 2.71 bits per heavy atom. The zero-order chi connectivity index (χ0) is 5.11. The van der Waals surface area contributed by atoms with E-state index in [0.29, 0.717) is 0 Å². The molecule has 0 spiro atoms. The van der Waals surface area contributed by atoms with E-state index >= 15 is 0 Å². The third-order valence-corrected chi connectivity index (χ3v) is 0.681. The maximum atomic E-state index is 3.73. The molecule has 0 radical (unpaired) electrons. The fraction of sp³-hybridized carbons (Fsp3) is 0.200. The van der Waals surface area contributed by atoms with Crippen LogP contribution >= 0.6 is 0 Å². The minimum Gasteiger partial charge on any atom is -0.356 e. The summed E-state index contributed by atoms with van der Waals surface area (Å²) in [5.41, 5.74) is 0.961. The van der Waals surface area contributed by atoms with E-state index in [9.17, 15) is 0 Å². The van der Waals surface area contributed by atoms with Gasteiger partial charge in [-0.3, -0.25) is 0 Å². The maximum Gasteiger partial charge on any atom is 0.0743 e. The predicted molar refractivity (Wildman–Crippen MR) is 28.9 cm³/mol. The first kappa shape index (κ1) is 4.16. The van der Waals surface area contributed by atoms with Gasteiger partial charge in [-0.2, -0.15) is 0 Å². The van der Waals surface area contributed by atoms with E-state index < -0.39 is 0 Å². The van der Waals surface area contributed by atoms with Crippen LogP contribution in [0.5, 0.6) is 0 Å². The van der Waals surface area contributed by atoms with Gasteiger partial charge in [-0.15, -0.1) is 0 Å². The summed E-state index contributed by atoms with van der Waals surface area (Å²) in [5.74, 6) is 2.73. The molecule has 1 rings (SSSR count). The first-order valence-corrected chi connectivity index (χ1v) is 2.10. The molecule has 1 N–H and O–H groups in total. The van der Waals surface area contributed by atoms with E-state index in [0.717, 1.165) is 5.70 Å². The van der Waals surface area contributed by atoms with Gasteiger partial charge in [-0.05, 0) is 6.92 Å². The minimum atomic E-state index is 0.961. The zero-order valence-corrected chi connectivity index (χ0v) is 4.10. The van der Waals surface area contributed by atoms with Gasteiger partial charge in [0, 0.05) is 12.1 Å². The molecule has 0 aromatic heterocycles. The molecule has 2 heteroatoms. The molecule has 1 heterocycles. The molecule has 36 valence electrons. The SMILES string of the molecule is CC1=C=NC=CN1. The molecule has 0 saturated carbocycles. The third-order valence-electron chi connectivity index (χ3n) is 0.681. The average molecular weight is 94.1 g/mol. The molecule has 0 unspecified atom stereocenters. The Morgan fingerprint density at radius 1 is 1.86 bits per heavy atom. The zero-order valence-electron chi connectivity index (χ0n) is 4.10. The van der Waals surface area contributed by atoms with Gasteiger partial charge in [-0.25, -0.2) is 4.99 Å². The Hall–Kier alpha value is -1.01. The minimum absolute atomic E-state index is 0.961. The van der Waals surface area contributed by atoms with Crippen LogP contribution in [-0.4, -0.2) is 5.87 Å². The van der Waals surface area contributed by atoms with Crippen LogP contribution in [0.15, 0.2) is 23.1 Å². The van der Waals surface area contributed by atoms with Crippen molar-refractivity contribution in [3.63, 3.8) is 0 Å². The summed E-state index contributed by atoms with van der Waals surface area (Å²) in [6, 6.07) is 0. The third kappa shape index (κ3) is 0.913. The van der Waals surface area contributed by atoms with Gasteiger partial charge >= 0.3 is 0 Å². The van der Waals surface area contributed by atoms with E-state index in [1.807, 2.05) is 6.92 Å². The Bertz CT molecular complexity index is 149. The molecule has 1 aliphatic heterocycles. The highest BCUT2D eigenvalue weighted by Gasteiger charge is 1.80. The standard InChI is InChI=1S/C5H6N2/c1-5-4-6-2-3-7-5/h2-3,7H,1H3. The molecule has 7 heavy (non-hydrogen) atoms. The van der Waals surface area contributed by atoms with Crippen LogP contribution in [-0.2, 0) is 0 Å². The maximum absolute atomic E-state index is 3.73. The van der Waals surface area contributed by atoms with Crippen LogP contribution in [0.2, 0.25) is 0 Å². The van der Waals surface area contributed by atoms with Gasteiger partial charge in [0.05, 0.1) is 11.9 Å². The lowest BCUT2D eigenvalue weighted by atomic mass is 10.5. The Morgan fingerprint density at radius 3 is 3.00 bits per heavy atom. The van der Waals surface area contributed by atoms with Crippen molar-refractivity contribution < 1.29 is 0 Å². The predicted octanol–water partition coefficient (Wildman–Crippen LogP) is 0.634. The smallest absolute Gasteiger partial charge is 0.0743 e. The van der Waals surface area contributed by atoms with Crippen LogP contribution in [0.1, 0.15) is 6.92 Å². The quantitative estimate of drug-likeness (QED) is 0.468. The van der Waals surface area contributed by atoms with Crippen LogP contribution in [0, 0.1) is 0 Å². The van der Waals surface area contributed by atoms with Crippen molar-refractivity contribution in [2.24, 2.45) is 4.99 Å². The summed E-state index contributed by atoms with van der Waals surface area (Å²) in [6.07, 6.45) is 3.43. The first-order valence-electron chi connectivity index (χ1n) is 2.10. The molecule has 0 aliphatic carbocycles. The molecular formula is C5H6N2. The lowest BCUT2D eigenvalue weighted by Crippen LogP contribution is -2.02. The lowest BCUT2D eigenvalue weighted by molar-refractivity contribution is 1.06. The second-order valence-corrected chi connectivity index (χ2v) is 1.33. The molecule has 0 atom stereocenters. The highest BCUT2D eigenvalue weighted by Crippen LogP contribution is 1.82. The van der Waals surface area contributed by atoms with E-state index in [1.165, 1.54) is 0 Å². The summed E-state index contributed by atoms with van der Waals surface area (Å²) >= 11 is 0. The number of rotatable bonds is 0. The fourth-order valence-corrected chi connectivity index (χ4v) is 0.366. The van der Waals surface area contributed by atoms with Crippen LogP contribution in [0.25, 0.3) is 0 Å². The summed E-state index contributed by atoms with van der Waals surface area (Å²) in [7, 11) is 0. The topological polar surface area (TPSA) is 24.4 Å². The van der Waals surface area contributed by atoms with Gasteiger partial charge in [-0.1, -0.05) is 0 Å². The van der Waals surface area contributed by atoms with Gasteiger partial charge in [0.15, 0.2) is 0 Å². The Balaban J connectivity index is 2.84. The molecule has 0 aromatic carbocycles. The van der Waals surface area contributed by atoms with Crippen molar-refractivity contribution in [2.45, 2.75) is 6.92 Å². The van der Waals surface area contributed by atoms with Crippen molar-refractivity contribution in [2.75, 3.05) is 0 Å². The number of nitrogens with zero attached hydrogens (tertiary/aromatic N) is 1. The van der Waals surface area contributed by atoms with Gasteiger partial charge < -0.3 is 5.32 Å². The molecular weight excluding hydrogens is 88.1 g/mol. The van der Waals surface area contributed by atoms with Crippen LogP contribution in [0.3, 0.4) is 0 Å². The largest absolute Gasteiger partial charge is 0.356 e. The lowest BCUT2D eigenvalue weighted by Gasteiger charge is -1.94. The average Bonchev–Trinajstić information content (AvgIpc) is 1.69. The van der Waals surface area contributed by atoms with Gasteiger partial charge in [0.25, 0.3) is 0 Å². The first-order chi connectivity index (χ1) is 3.39. The molecule has 2 nitrogen and oxygen atoms in total. The molecule has 0 fully saturated rings. The summed E-state index contributed by atoms with van der Waals surface area (Å²) < 4.78 is 0. The normalized spacial score (nSPS) is 15.9. The number of hydrogen-bond donors (Lipinski definition) is 1. The van der Waals surface area contributed by atoms with E-state index in [1.54, 1.807) is 12.4 Å². The Kier molecular flexibility index (Phi) is 0.966.